The molecule has 0 heterocycles. The van der Waals surface area contributed by atoms with Crippen molar-refractivity contribution in [3.8, 4) is 11.5 Å². The molecule has 1 aliphatic carbocycles. The van der Waals surface area contributed by atoms with Crippen molar-refractivity contribution in [2.24, 2.45) is 0 Å². The molecule has 166 valence electrons. The quantitative estimate of drug-likeness (QED) is 0.527. The van der Waals surface area contributed by atoms with Gasteiger partial charge in [-0.05, 0) is 48.2 Å². The van der Waals surface area contributed by atoms with Crippen LogP contribution < -0.4 is 14.8 Å². The Morgan fingerprint density at radius 3 is 2.56 bits per heavy atom. The number of anilines is 1. The summed E-state index contributed by atoms with van der Waals surface area (Å²) in [6.07, 6.45) is 1.66. The summed E-state index contributed by atoms with van der Waals surface area (Å²) in [6.45, 7) is 4.60. The Hall–Kier alpha value is -3.47. The molecule has 2 N–H and O–H groups in total. The average molecular weight is 432 g/mol. The normalized spacial score (nSPS) is 17.0. The van der Waals surface area contributed by atoms with E-state index >= 15 is 0 Å². The zero-order chi connectivity index (χ0) is 22.7. The molecular weight excluding hydrogens is 402 g/mol. The van der Waals surface area contributed by atoms with Crippen molar-refractivity contribution < 1.29 is 19.4 Å². The number of ether oxygens (including phenoxy) is 2. The Balaban J connectivity index is 1.52. The monoisotopic (exact) mass is 431 g/mol. The number of carboxylic acid groups (broad SMARTS) is 1. The number of hydrogen-bond acceptors (Lipinski definition) is 4. The zero-order valence-electron chi connectivity index (χ0n) is 18.8. The molecule has 32 heavy (non-hydrogen) atoms. The summed E-state index contributed by atoms with van der Waals surface area (Å²) in [5.41, 5.74) is 5.38. The van der Waals surface area contributed by atoms with Gasteiger partial charge in [0.05, 0.1) is 13.7 Å². The standard InChI is InChI=1S/C27H29NO4/c1-18-6-4-8-20(14-18)12-13-32-25-15-22(10-11-24(25)31-3)28-27(26(29)30)16-21-9-5-7-19(2)23(21)17-27/h4-11,14-15,28H,12-13,16-17H2,1-3H3,(H,29,30). The molecule has 1 atom stereocenters. The van der Waals surface area contributed by atoms with Crippen LogP contribution in [0.4, 0.5) is 5.69 Å². The highest BCUT2D eigenvalue weighted by atomic mass is 16.5. The van der Waals surface area contributed by atoms with Crippen LogP contribution in [0, 0.1) is 13.8 Å². The number of benzene rings is 3. The summed E-state index contributed by atoms with van der Waals surface area (Å²) in [6, 6.07) is 19.9. The third kappa shape index (κ3) is 4.42. The third-order valence-corrected chi connectivity index (χ3v) is 6.17. The zero-order valence-corrected chi connectivity index (χ0v) is 18.8. The Labute approximate surface area is 189 Å². The minimum Gasteiger partial charge on any atom is -0.493 e. The number of rotatable bonds is 8. The van der Waals surface area contributed by atoms with Crippen LogP contribution in [-0.2, 0) is 24.1 Å². The van der Waals surface area contributed by atoms with Crippen LogP contribution in [0.5, 0.6) is 11.5 Å². The van der Waals surface area contributed by atoms with Crippen molar-refractivity contribution in [1.82, 2.24) is 0 Å². The lowest BCUT2D eigenvalue weighted by molar-refractivity contribution is -0.142. The predicted octanol–water partition coefficient (Wildman–Crippen LogP) is 4.97. The molecule has 1 unspecified atom stereocenters. The average Bonchev–Trinajstić information content (AvgIpc) is 3.15. The number of fused-ring (bicyclic) bond motifs is 1. The number of nitrogens with one attached hydrogen (secondary N) is 1. The first-order chi connectivity index (χ1) is 15.4. The fraction of sp³-hybridized carbons (Fsp3) is 0.296. The minimum absolute atomic E-state index is 0.439. The fourth-order valence-electron chi connectivity index (χ4n) is 4.45. The molecule has 4 rings (SSSR count). The summed E-state index contributed by atoms with van der Waals surface area (Å²) in [5.74, 6) is 0.359. The second-order valence-corrected chi connectivity index (χ2v) is 8.53. The maximum absolute atomic E-state index is 12.4. The first kappa shape index (κ1) is 21.8. The van der Waals surface area contributed by atoms with Gasteiger partial charge < -0.3 is 19.9 Å². The van der Waals surface area contributed by atoms with Crippen molar-refractivity contribution >= 4 is 11.7 Å². The first-order valence-electron chi connectivity index (χ1n) is 10.9. The molecule has 5 nitrogen and oxygen atoms in total. The fourth-order valence-corrected chi connectivity index (χ4v) is 4.45. The van der Waals surface area contributed by atoms with E-state index < -0.39 is 11.5 Å². The van der Waals surface area contributed by atoms with Crippen molar-refractivity contribution in [1.29, 1.82) is 0 Å². The third-order valence-electron chi connectivity index (χ3n) is 6.17. The predicted molar refractivity (Wildman–Crippen MR) is 126 cm³/mol. The number of methoxy groups -OCH3 is 1. The van der Waals surface area contributed by atoms with E-state index in [0.717, 1.165) is 23.1 Å². The van der Waals surface area contributed by atoms with Crippen molar-refractivity contribution in [2.75, 3.05) is 19.0 Å². The number of hydrogen-bond donors (Lipinski definition) is 2. The van der Waals surface area contributed by atoms with Gasteiger partial charge in [0, 0.05) is 31.0 Å². The van der Waals surface area contributed by atoms with Crippen LogP contribution in [-0.4, -0.2) is 30.3 Å². The van der Waals surface area contributed by atoms with Gasteiger partial charge in [-0.15, -0.1) is 0 Å². The Morgan fingerprint density at radius 2 is 1.84 bits per heavy atom. The van der Waals surface area contributed by atoms with Crippen LogP contribution in [0.25, 0.3) is 0 Å². The van der Waals surface area contributed by atoms with Gasteiger partial charge in [0.25, 0.3) is 0 Å². The summed E-state index contributed by atoms with van der Waals surface area (Å²) in [4.78, 5) is 12.4. The van der Waals surface area contributed by atoms with Crippen molar-refractivity contribution in [2.45, 2.75) is 38.6 Å². The van der Waals surface area contributed by atoms with Gasteiger partial charge in [-0.1, -0.05) is 48.0 Å². The molecule has 0 amide bonds. The van der Waals surface area contributed by atoms with E-state index in [2.05, 4.69) is 30.4 Å². The molecule has 0 aromatic heterocycles. The van der Waals surface area contributed by atoms with Gasteiger partial charge in [-0.25, -0.2) is 4.79 Å². The summed E-state index contributed by atoms with van der Waals surface area (Å²) in [5, 5.41) is 13.4. The lowest BCUT2D eigenvalue weighted by Crippen LogP contribution is -2.47. The lowest BCUT2D eigenvalue weighted by Gasteiger charge is -2.27. The van der Waals surface area contributed by atoms with Gasteiger partial charge in [0.1, 0.15) is 5.54 Å². The number of aryl methyl sites for hydroxylation is 2. The molecular formula is C27H29NO4. The largest absolute Gasteiger partial charge is 0.493 e. The maximum Gasteiger partial charge on any atom is 0.330 e. The number of carboxylic acids is 1. The van der Waals surface area contributed by atoms with Gasteiger partial charge in [0.15, 0.2) is 11.5 Å². The Kier molecular flexibility index (Phi) is 6.08. The van der Waals surface area contributed by atoms with Crippen LogP contribution in [0.3, 0.4) is 0 Å². The summed E-state index contributed by atoms with van der Waals surface area (Å²) >= 11 is 0. The molecule has 3 aromatic carbocycles. The molecule has 0 fully saturated rings. The van der Waals surface area contributed by atoms with Crippen LogP contribution in [0.2, 0.25) is 0 Å². The first-order valence-corrected chi connectivity index (χ1v) is 10.9. The number of carbonyl (C=O) groups is 1. The second-order valence-electron chi connectivity index (χ2n) is 8.53. The SMILES string of the molecule is COc1ccc(NC2(C(=O)O)Cc3cccc(C)c3C2)cc1OCCc1cccc(C)c1. The van der Waals surface area contributed by atoms with Crippen LogP contribution in [0.1, 0.15) is 27.8 Å². The van der Waals surface area contributed by atoms with E-state index in [4.69, 9.17) is 9.47 Å². The molecule has 1 aliphatic rings. The van der Waals surface area contributed by atoms with Crippen LogP contribution in [0.15, 0.2) is 60.7 Å². The summed E-state index contributed by atoms with van der Waals surface area (Å²) < 4.78 is 11.5. The maximum atomic E-state index is 12.4. The van der Waals surface area contributed by atoms with Gasteiger partial charge in [-0.3, -0.25) is 0 Å². The molecule has 0 aliphatic heterocycles. The smallest absolute Gasteiger partial charge is 0.330 e. The van der Waals surface area contributed by atoms with E-state index in [9.17, 15) is 9.90 Å². The van der Waals surface area contributed by atoms with E-state index in [-0.39, 0.29) is 0 Å². The molecule has 3 aromatic rings. The highest BCUT2D eigenvalue weighted by Crippen LogP contribution is 2.37. The molecule has 0 radical (unpaired) electrons. The van der Waals surface area contributed by atoms with Gasteiger partial charge in [-0.2, -0.15) is 0 Å². The lowest BCUT2D eigenvalue weighted by atomic mass is 9.94. The summed E-state index contributed by atoms with van der Waals surface area (Å²) in [7, 11) is 1.60. The Morgan fingerprint density at radius 1 is 1.03 bits per heavy atom. The topological polar surface area (TPSA) is 67.8 Å². The van der Waals surface area contributed by atoms with Crippen molar-refractivity contribution in [3.05, 3.63) is 88.5 Å². The van der Waals surface area contributed by atoms with E-state index in [0.29, 0.717) is 36.6 Å². The molecule has 0 bridgehead atoms. The highest BCUT2D eigenvalue weighted by molar-refractivity contribution is 5.85. The highest BCUT2D eigenvalue weighted by Gasteiger charge is 2.44. The second kappa shape index (κ2) is 8.95. The van der Waals surface area contributed by atoms with Gasteiger partial charge >= 0.3 is 5.97 Å². The Bertz CT molecular complexity index is 1140. The minimum atomic E-state index is -1.08. The van der Waals surface area contributed by atoms with E-state index in [1.165, 1.54) is 11.1 Å². The molecule has 5 heteroatoms. The van der Waals surface area contributed by atoms with Crippen molar-refractivity contribution in [3.63, 3.8) is 0 Å². The van der Waals surface area contributed by atoms with E-state index in [1.807, 2.05) is 49.4 Å². The molecule has 0 saturated carbocycles. The molecule has 0 spiro atoms. The van der Waals surface area contributed by atoms with Crippen LogP contribution >= 0.6 is 0 Å². The van der Waals surface area contributed by atoms with E-state index in [1.54, 1.807) is 7.11 Å². The van der Waals surface area contributed by atoms with Gasteiger partial charge in [0.2, 0.25) is 0 Å². The number of aliphatic carboxylic acids is 1. The molecule has 0 saturated heterocycles.